The first kappa shape index (κ1) is 13.5. The van der Waals surface area contributed by atoms with Crippen LogP contribution in [0.1, 0.15) is 6.92 Å². The molecule has 102 valence electrons. The summed E-state index contributed by atoms with van der Waals surface area (Å²) >= 11 is 0. The maximum absolute atomic E-state index is 11.2. The highest BCUT2D eigenvalue weighted by Crippen LogP contribution is 2.13. The molecule has 0 amide bonds. The molecule has 1 aromatic heterocycles. The quantitative estimate of drug-likeness (QED) is 0.888. The molecule has 0 aliphatic rings. The monoisotopic (exact) mass is 280 g/mol. The first-order valence-corrected chi connectivity index (χ1v) is 7.89. The van der Waals surface area contributed by atoms with Crippen LogP contribution in [-0.2, 0) is 9.84 Å². The minimum absolute atomic E-state index is 0.109. The number of nitrogens with one attached hydrogen (secondary N) is 1. The smallest absolute Gasteiger partial charge is 0.149 e. The Morgan fingerprint density at radius 3 is 2.53 bits per heavy atom. The van der Waals surface area contributed by atoms with E-state index in [4.69, 9.17) is 0 Å². The van der Waals surface area contributed by atoms with Crippen molar-refractivity contribution in [2.75, 3.05) is 17.3 Å². The average Bonchev–Trinajstić information content (AvgIpc) is 2.80. The number of aromatic nitrogens is 3. The maximum Gasteiger partial charge on any atom is 0.149 e. The Morgan fingerprint density at radius 1 is 1.32 bits per heavy atom. The molecule has 0 spiro atoms. The molecular formula is C12H16N4O2S. The molecule has 19 heavy (non-hydrogen) atoms. The van der Waals surface area contributed by atoms with E-state index in [0.717, 1.165) is 11.4 Å². The summed E-state index contributed by atoms with van der Waals surface area (Å²) < 4.78 is 24.0. The second kappa shape index (κ2) is 5.40. The van der Waals surface area contributed by atoms with Crippen LogP contribution in [0.15, 0.2) is 36.9 Å². The van der Waals surface area contributed by atoms with Gasteiger partial charge < -0.3 is 5.32 Å². The summed E-state index contributed by atoms with van der Waals surface area (Å²) in [5.41, 5.74) is 1.78. The van der Waals surface area contributed by atoms with Gasteiger partial charge in [0, 0.05) is 18.0 Å². The van der Waals surface area contributed by atoms with E-state index in [1.807, 2.05) is 31.2 Å². The predicted octanol–water partition coefficient (Wildman–Crippen LogP) is 1.11. The van der Waals surface area contributed by atoms with E-state index in [2.05, 4.69) is 15.4 Å². The molecule has 0 fully saturated rings. The SMILES string of the molecule is CC(CS(C)(=O)=O)Nc1ccc(-n2cncn2)cc1. The lowest BCUT2D eigenvalue weighted by Crippen LogP contribution is -2.24. The van der Waals surface area contributed by atoms with Gasteiger partial charge in [0.15, 0.2) is 0 Å². The zero-order valence-corrected chi connectivity index (χ0v) is 11.6. The molecule has 0 saturated heterocycles. The topological polar surface area (TPSA) is 76.9 Å². The number of anilines is 1. The van der Waals surface area contributed by atoms with E-state index >= 15 is 0 Å². The van der Waals surface area contributed by atoms with Crippen molar-refractivity contribution in [3.63, 3.8) is 0 Å². The molecule has 6 nitrogen and oxygen atoms in total. The highest BCUT2D eigenvalue weighted by atomic mass is 32.2. The van der Waals surface area contributed by atoms with Gasteiger partial charge in [0.2, 0.25) is 0 Å². The number of hydrogen-bond donors (Lipinski definition) is 1. The van der Waals surface area contributed by atoms with Gasteiger partial charge in [-0.1, -0.05) is 0 Å². The van der Waals surface area contributed by atoms with Crippen molar-refractivity contribution in [1.82, 2.24) is 14.8 Å². The third-order valence-corrected chi connectivity index (χ3v) is 3.62. The molecule has 0 aliphatic heterocycles. The molecule has 1 unspecified atom stereocenters. The van der Waals surface area contributed by atoms with Crippen LogP contribution in [0.25, 0.3) is 5.69 Å². The van der Waals surface area contributed by atoms with Gasteiger partial charge in [-0.2, -0.15) is 5.10 Å². The summed E-state index contributed by atoms with van der Waals surface area (Å²) in [4.78, 5) is 3.88. The molecule has 1 aromatic carbocycles. The molecule has 1 atom stereocenters. The number of benzene rings is 1. The summed E-state index contributed by atoms with van der Waals surface area (Å²) in [6.07, 6.45) is 4.33. The second-order valence-corrected chi connectivity index (χ2v) is 6.71. The first-order valence-electron chi connectivity index (χ1n) is 5.83. The number of rotatable bonds is 5. The van der Waals surface area contributed by atoms with Crippen molar-refractivity contribution in [3.05, 3.63) is 36.9 Å². The van der Waals surface area contributed by atoms with Crippen LogP contribution in [0.2, 0.25) is 0 Å². The molecule has 0 bridgehead atoms. The van der Waals surface area contributed by atoms with Crippen LogP contribution >= 0.6 is 0 Å². The van der Waals surface area contributed by atoms with Crippen molar-refractivity contribution >= 4 is 15.5 Å². The Kier molecular flexibility index (Phi) is 3.84. The van der Waals surface area contributed by atoms with Gasteiger partial charge in [-0.25, -0.2) is 18.1 Å². The van der Waals surface area contributed by atoms with Crippen molar-refractivity contribution < 1.29 is 8.42 Å². The van der Waals surface area contributed by atoms with Gasteiger partial charge in [-0.3, -0.25) is 0 Å². The van der Waals surface area contributed by atoms with Crippen LogP contribution in [0.3, 0.4) is 0 Å². The van der Waals surface area contributed by atoms with Crippen LogP contribution in [0.5, 0.6) is 0 Å². The number of sulfone groups is 1. The second-order valence-electron chi connectivity index (χ2n) is 4.52. The van der Waals surface area contributed by atoms with Gasteiger partial charge in [0.1, 0.15) is 22.5 Å². The predicted molar refractivity (Wildman–Crippen MR) is 74.2 cm³/mol. The van der Waals surface area contributed by atoms with Crippen LogP contribution in [-0.4, -0.2) is 41.2 Å². The van der Waals surface area contributed by atoms with E-state index in [-0.39, 0.29) is 11.8 Å². The van der Waals surface area contributed by atoms with Crippen LogP contribution in [0, 0.1) is 0 Å². The normalized spacial score (nSPS) is 13.2. The van der Waals surface area contributed by atoms with E-state index in [1.165, 1.54) is 12.6 Å². The molecule has 0 aliphatic carbocycles. The highest BCUT2D eigenvalue weighted by Gasteiger charge is 2.10. The van der Waals surface area contributed by atoms with Gasteiger partial charge >= 0.3 is 0 Å². The fourth-order valence-corrected chi connectivity index (χ4v) is 2.82. The Labute approximate surface area is 112 Å². The Morgan fingerprint density at radius 2 is 2.00 bits per heavy atom. The van der Waals surface area contributed by atoms with E-state index in [9.17, 15) is 8.42 Å². The lowest BCUT2D eigenvalue weighted by Gasteiger charge is -2.14. The van der Waals surface area contributed by atoms with Gasteiger partial charge in [-0.15, -0.1) is 0 Å². The highest BCUT2D eigenvalue weighted by molar-refractivity contribution is 7.90. The van der Waals surface area contributed by atoms with Crippen LogP contribution in [0.4, 0.5) is 5.69 Å². The van der Waals surface area contributed by atoms with Crippen LogP contribution < -0.4 is 5.32 Å². The number of hydrogen-bond acceptors (Lipinski definition) is 5. The standard InChI is InChI=1S/C12H16N4O2S/c1-10(7-19(2,17)18)15-11-3-5-12(6-4-11)16-9-13-8-14-16/h3-6,8-10,15H,7H2,1-2H3. The largest absolute Gasteiger partial charge is 0.382 e. The van der Waals surface area contributed by atoms with E-state index in [1.54, 1.807) is 11.0 Å². The molecular weight excluding hydrogens is 264 g/mol. The average molecular weight is 280 g/mol. The molecule has 1 N–H and O–H groups in total. The fourth-order valence-electron chi connectivity index (χ4n) is 1.83. The molecule has 1 heterocycles. The third-order valence-electron chi connectivity index (χ3n) is 2.52. The first-order chi connectivity index (χ1) is 8.94. The van der Waals surface area contributed by atoms with Gasteiger partial charge in [0.25, 0.3) is 0 Å². The summed E-state index contributed by atoms with van der Waals surface area (Å²) in [7, 11) is -2.97. The Balaban J connectivity index is 2.03. The molecule has 7 heteroatoms. The lowest BCUT2D eigenvalue weighted by molar-refractivity contribution is 0.598. The molecule has 2 rings (SSSR count). The number of nitrogens with zero attached hydrogens (tertiary/aromatic N) is 3. The summed E-state index contributed by atoms with van der Waals surface area (Å²) in [5.74, 6) is 0.109. The third kappa shape index (κ3) is 4.06. The Hall–Kier alpha value is -1.89. The van der Waals surface area contributed by atoms with Gasteiger partial charge in [-0.05, 0) is 31.2 Å². The molecule has 0 saturated carbocycles. The van der Waals surface area contributed by atoms with E-state index < -0.39 is 9.84 Å². The van der Waals surface area contributed by atoms with Crippen molar-refractivity contribution in [1.29, 1.82) is 0 Å². The zero-order chi connectivity index (χ0) is 13.9. The fraction of sp³-hybridized carbons (Fsp3) is 0.333. The van der Waals surface area contributed by atoms with Gasteiger partial charge in [0.05, 0.1) is 11.4 Å². The van der Waals surface area contributed by atoms with E-state index in [0.29, 0.717) is 0 Å². The minimum atomic E-state index is -2.97. The van der Waals surface area contributed by atoms with Crippen molar-refractivity contribution in [2.24, 2.45) is 0 Å². The zero-order valence-electron chi connectivity index (χ0n) is 10.8. The summed E-state index contributed by atoms with van der Waals surface area (Å²) in [6, 6.07) is 7.42. The summed E-state index contributed by atoms with van der Waals surface area (Å²) in [6.45, 7) is 1.84. The lowest BCUT2D eigenvalue weighted by atomic mass is 10.2. The van der Waals surface area contributed by atoms with Crippen molar-refractivity contribution in [3.8, 4) is 5.69 Å². The maximum atomic E-state index is 11.2. The summed E-state index contributed by atoms with van der Waals surface area (Å²) in [5, 5.41) is 7.18. The minimum Gasteiger partial charge on any atom is -0.382 e. The molecule has 2 aromatic rings. The van der Waals surface area contributed by atoms with Crippen molar-refractivity contribution in [2.45, 2.75) is 13.0 Å². The molecule has 0 radical (unpaired) electrons. The Bertz CT molecular complexity index is 620.